The molecule has 1 fully saturated rings. The van der Waals surface area contributed by atoms with Crippen molar-refractivity contribution in [1.82, 2.24) is 25.0 Å². The number of aryl methyl sites for hydroxylation is 1. The molecule has 1 aliphatic heterocycles. The third-order valence-corrected chi connectivity index (χ3v) is 6.79. The van der Waals surface area contributed by atoms with Gasteiger partial charge in [0.15, 0.2) is 5.65 Å². The molecule has 4 aromatic rings. The lowest BCUT2D eigenvalue weighted by molar-refractivity contribution is 0.0698. The van der Waals surface area contributed by atoms with E-state index in [2.05, 4.69) is 51.7 Å². The molecule has 0 aliphatic carbocycles. The fourth-order valence-electron chi connectivity index (χ4n) is 4.69. The number of benzene rings is 2. The van der Waals surface area contributed by atoms with Crippen LogP contribution >= 0.6 is 0 Å². The highest BCUT2D eigenvalue weighted by Crippen LogP contribution is 2.35. The number of nitrogens with zero attached hydrogens (tertiary/aromatic N) is 6. The van der Waals surface area contributed by atoms with Crippen LogP contribution in [0, 0.1) is 12.3 Å². The Bertz CT molecular complexity index is 1390. The Hall–Kier alpha value is -3.75. The highest BCUT2D eigenvalue weighted by Gasteiger charge is 2.29. The van der Waals surface area contributed by atoms with E-state index in [1.54, 1.807) is 22.7 Å². The number of fused-ring (bicyclic) bond motifs is 3. The second-order valence-corrected chi connectivity index (χ2v) is 9.94. The SMILES string of the molecule is Cc1cc(C(C)Nc2ccccc2C(=O)O)c2nc(N3CCC(C)(C)CC3)n3nnnc3c2c1. The molecular formula is C25H29N7O2. The molecule has 1 saturated heterocycles. The molecule has 2 N–H and O–H groups in total. The molecule has 1 unspecified atom stereocenters. The third-order valence-electron chi connectivity index (χ3n) is 6.79. The van der Waals surface area contributed by atoms with Crippen molar-refractivity contribution >= 4 is 34.2 Å². The summed E-state index contributed by atoms with van der Waals surface area (Å²) in [6.07, 6.45) is 2.14. The maximum atomic E-state index is 11.7. The topological polar surface area (TPSA) is 109 Å². The predicted octanol–water partition coefficient (Wildman–Crippen LogP) is 4.48. The Morgan fingerprint density at radius 3 is 2.65 bits per heavy atom. The van der Waals surface area contributed by atoms with E-state index in [1.165, 1.54) is 0 Å². The number of aromatic carboxylic acids is 1. The molecule has 1 atom stereocenters. The average molecular weight is 460 g/mol. The highest BCUT2D eigenvalue weighted by atomic mass is 16.4. The number of nitrogens with one attached hydrogen (secondary N) is 1. The van der Waals surface area contributed by atoms with Gasteiger partial charge in [-0.1, -0.05) is 32.0 Å². The van der Waals surface area contributed by atoms with Gasteiger partial charge in [-0.25, -0.2) is 9.78 Å². The van der Waals surface area contributed by atoms with Gasteiger partial charge in [-0.3, -0.25) is 0 Å². The van der Waals surface area contributed by atoms with Gasteiger partial charge < -0.3 is 15.3 Å². The van der Waals surface area contributed by atoms with E-state index in [-0.39, 0.29) is 11.6 Å². The molecule has 176 valence electrons. The van der Waals surface area contributed by atoms with Crippen molar-refractivity contribution < 1.29 is 9.90 Å². The van der Waals surface area contributed by atoms with Gasteiger partial charge in [0.2, 0.25) is 5.95 Å². The summed E-state index contributed by atoms with van der Waals surface area (Å²) in [7, 11) is 0. The van der Waals surface area contributed by atoms with Crippen molar-refractivity contribution in [3.63, 3.8) is 0 Å². The van der Waals surface area contributed by atoms with Crippen LogP contribution in [-0.2, 0) is 0 Å². The molecule has 3 heterocycles. The van der Waals surface area contributed by atoms with Gasteiger partial charge in [-0.15, -0.1) is 5.10 Å². The first kappa shape index (κ1) is 22.1. The fraction of sp³-hybridized carbons (Fsp3) is 0.400. The van der Waals surface area contributed by atoms with E-state index in [1.807, 2.05) is 19.9 Å². The van der Waals surface area contributed by atoms with Crippen LogP contribution in [0.1, 0.15) is 61.1 Å². The maximum Gasteiger partial charge on any atom is 0.337 e. The molecule has 9 heteroatoms. The monoisotopic (exact) mass is 459 g/mol. The number of carbonyl (C=O) groups is 1. The summed E-state index contributed by atoms with van der Waals surface area (Å²) in [5, 5.41) is 26.4. The fourth-order valence-corrected chi connectivity index (χ4v) is 4.69. The lowest BCUT2D eigenvalue weighted by Crippen LogP contribution is -2.39. The largest absolute Gasteiger partial charge is 0.478 e. The van der Waals surface area contributed by atoms with Gasteiger partial charge in [0.05, 0.1) is 17.1 Å². The van der Waals surface area contributed by atoms with Crippen molar-refractivity contribution in [2.45, 2.75) is 46.6 Å². The second kappa shape index (κ2) is 8.23. The smallest absolute Gasteiger partial charge is 0.337 e. The summed E-state index contributed by atoms with van der Waals surface area (Å²) in [5.41, 5.74) is 4.64. The Morgan fingerprint density at radius 1 is 1.18 bits per heavy atom. The standard InChI is InChI=1S/C25H29N7O2/c1-15-13-18(16(2)26-20-8-6-5-7-17(20)23(33)34)21-19(14-15)22-28-29-30-32(22)24(27-21)31-11-9-25(3,4)10-12-31/h5-8,13-14,16,26H,9-12H2,1-4H3,(H,33,34). The molecule has 9 nitrogen and oxygen atoms in total. The van der Waals surface area contributed by atoms with Crippen molar-refractivity contribution in [2.75, 3.05) is 23.3 Å². The second-order valence-electron chi connectivity index (χ2n) is 9.94. The Kier molecular flexibility index (Phi) is 5.34. The van der Waals surface area contributed by atoms with Crippen LogP contribution in [0.15, 0.2) is 36.4 Å². The molecule has 1 aliphatic rings. The molecule has 2 aromatic heterocycles. The maximum absolute atomic E-state index is 11.7. The number of carboxylic acid groups (broad SMARTS) is 1. The molecule has 5 rings (SSSR count). The number of aromatic nitrogens is 5. The first-order valence-corrected chi connectivity index (χ1v) is 11.6. The van der Waals surface area contributed by atoms with Crippen LogP contribution in [0.3, 0.4) is 0 Å². The van der Waals surface area contributed by atoms with Gasteiger partial charge in [-0.05, 0) is 66.3 Å². The first-order chi connectivity index (χ1) is 16.2. The minimum absolute atomic E-state index is 0.193. The summed E-state index contributed by atoms with van der Waals surface area (Å²) in [5.74, 6) is -0.222. The number of piperidine rings is 1. The number of rotatable bonds is 5. The summed E-state index contributed by atoms with van der Waals surface area (Å²) in [6, 6.07) is 10.9. The van der Waals surface area contributed by atoms with Gasteiger partial charge >= 0.3 is 5.97 Å². The minimum Gasteiger partial charge on any atom is -0.478 e. The molecule has 0 saturated carbocycles. The zero-order valence-corrected chi connectivity index (χ0v) is 19.9. The summed E-state index contributed by atoms with van der Waals surface area (Å²) >= 11 is 0. The van der Waals surface area contributed by atoms with Crippen LogP contribution < -0.4 is 10.2 Å². The number of hydrogen-bond donors (Lipinski definition) is 2. The van der Waals surface area contributed by atoms with Gasteiger partial charge in [-0.2, -0.15) is 4.52 Å². The van der Waals surface area contributed by atoms with Crippen LogP contribution in [0.5, 0.6) is 0 Å². The summed E-state index contributed by atoms with van der Waals surface area (Å²) in [6.45, 7) is 10.4. The van der Waals surface area contributed by atoms with Crippen LogP contribution in [0.2, 0.25) is 0 Å². The number of para-hydroxylation sites is 1. The average Bonchev–Trinajstić information content (AvgIpc) is 3.29. The predicted molar refractivity (Wildman–Crippen MR) is 131 cm³/mol. The molecular weight excluding hydrogens is 430 g/mol. The highest BCUT2D eigenvalue weighted by molar-refractivity contribution is 5.96. The molecule has 0 bridgehead atoms. The van der Waals surface area contributed by atoms with Crippen LogP contribution in [0.4, 0.5) is 11.6 Å². The molecule has 34 heavy (non-hydrogen) atoms. The quantitative estimate of drug-likeness (QED) is 0.450. The molecule has 0 amide bonds. The van der Waals surface area contributed by atoms with Gasteiger partial charge in [0.25, 0.3) is 0 Å². The van der Waals surface area contributed by atoms with E-state index >= 15 is 0 Å². The van der Waals surface area contributed by atoms with Crippen molar-refractivity contribution in [3.05, 3.63) is 53.1 Å². The lowest BCUT2D eigenvalue weighted by Gasteiger charge is -2.37. The third kappa shape index (κ3) is 3.91. The minimum atomic E-state index is -0.964. The number of anilines is 2. The van der Waals surface area contributed by atoms with Crippen LogP contribution in [-0.4, -0.2) is 49.2 Å². The van der Waals surface area contributed by atoms with E-state index in [0.29, 0.717) is 16.7 Å². The van der Waals surface area contributed by atoms with Gasteiger partial charge in [0.1, 0.15) is 0 Å². The molecule has 2 aromatic carbocycles. The summed E-state index contributed by atoms with van der Waals surface area (Å²) in [4.78, 5) is 19.1. The molecule has 0 spiro atoms. The number of carboxylic acids is 1. The molecule has 0 radical (unpaired) electrons. The zero-order chi connectivity index (χ0) is 24.0. The van der Waals surface area contributed by atoms with E-state index in [4.69, 9.17) is 4.98 Å². The van der Waals surface area contributed by atoms with E-state index in [0.717, 1.165) is 53.9 Å². The lowest BCUT2D eigenvalue weighted by atomic mass is 9.83. The Balaban J connectivity index is 1.62. The van der Waals surface area contributed by atoms with Gasteiger partial charge in [0, 0.05) is 29.7 Å². The Morgan fingerprint density at radius 2 is 1.91 bits per heavy atom. The normalized spacial score (nSPS) is 16.6. The zero-order valence-electron chi connectivity index (χ0n) is 19.9. The van der Waals surface area contributed by atoms with Crippen LogP contribution in [0.25, 0.3) is 16.6 Å². The van der Waals surface area contributed by atoms with Crippen molar-refractivity contribution in [1.29, 1.82) is 0 Å². The first-order valence-electron chi connectivity index (χ1n) is 11.6. The van der Waals surface area contributed by atoms with Crippen molar-refractivity contribution in [2.24, 2.45) is 5.41 Å². The summed E-state index contributed by atoms with van der Waals surface area (Å²) < 4.78 is 1.74. The number of tetrazole rings is 1. The Labute approximate surface area is 197 Å². The number of hydrogen-bond acceptors (Lipinski definition) is 7. The van der Waals surface area contributed by atoms with E-state index < -0.39 is 5.97 Å². The van der Waals surface area contributed by atoms with Crippen molar-refractivity contribution in [3.8, 4) is 0 Å². The van der Waals surface area contributed by atoms with E-state index in [9.17, 15) is 9.90 Å².